The van der Waals surface area contributed by atoms with Crippen molar-refractivity contribution >= 4 is 40.6 Å². The lowest BCUT2D eigenvalue weighted by Gasteiger charge is -2.36. The number of aryl methyl sites for hydroxylation is 1. The molecule has 1 aliphatic carbocycles. The molecule has 2 fully saturated rings. The summed E-state index contributed by atoms with van der Waals surface area (Å²) in [4.78, 5) is 30.0. The molecule has 2 amide bonds. The molecule has 0 atom stereocenters. The zero-order chi connectivity index (χ0) is 23.9. The molecule has 1 spiro atoms. The second-order valence-electron chi connectivity index (χ2n) is 8.90. The summed E-state index contributed by atoms with van der Waals surface area (Å²) < 4.78 is 15.9. The Morgan fingerprint density at radius 1 is 1.32 bits per heavy atom. The van der Waals surface area contributed by atoms with Crippen LogP contribution in [0.2, 0.25) is 0 Å². The molecule has 2 aliphatic heterocycles. The maximum absolute atomic E-state index is 14.4. The standard InChI is InChI=1S/C22H24FN7O.CH2O2/c1-28-12-14-10-15(11-17(23)19(14)27-28)26-21(31)30-8-3-16-18(2-6-24-20(16)30)29-9-7-25-22(13-29)4-5-22;2-1-3/h2,6,10-12,25H,3-5,7-9,13H2,1H3,(H,26,31);1H,(H,2,3). The van der Waals surface area contributed by atoms with Gasteiger partial charge in [-0.3, -0.25) is 14.4 Å². The third-order valence-electron chi connectivity index (χ3n) is 6.59. The van der Waals surface area contributed by atoms with Crippen molar-refractivity contribution in [3.63, 3.8) is 0 Å². The van der Waals surface area contributed by atoms with Gasteiger partial charge >= 0.3 is 6.03 Å². The second kappa shape index (κ2) is 8.56. The van der Waals surface area contributed by atoms with Crippen LogP contribution in [0.5, 0.6) is 0 Å². The van der Waals surface area contributed by atoms with Crippen LogP contribution in [0.1, 0.15) is 18.4 Å². The van der Waals surface area contributed by atoms with Crippen molar-refractivity contribution in [3.8, 4) is 0 Å². The largest absolute Gasteiger partial charge is 0.483 e. The molecule has 1 saturated carbocycles. The number of anilines is 3. The van der Waals surface area contributed by atoms with Gasteiger partial charge in [0.25, 0.3) is 6.47 Å². The number of pyridine rings is 1. The van der Waals surface area contributed by atoms with Gasteiger partial charge < -0.3 is 20.6 Å². The van der Waals surface area contributed by atoms with Crippen molar-refractivity contribution in [3.05, 3.63) is 42.0 Å². The lowest BCUT2D eigenvalue weighted by atomic mass is 10.1. The average molecular weight is 468 g/mol. The molecule has 0 unspecified atom stereocenters. The number of carboxylic acid groups (broad SMARTS) is 1. The normalized spacial score (nSPS) is 17.8. The number of aromatic nitrogens is 3. The molecule has 11 heteroatoms. The Kier molecular flexibility index (Phi) is 5.56. The summed E-state index contributed by atoms with van der Waals surface area (Å²) in [5.41, 5.74) is 3.27. The molecule has 4 heterocycles. The Bertz CT molecular complexity index is 1260. The number of fused-ring (bicyclic) bond motifs is 2. The van der Waals surface area contributed by atoms with Gasteiger partial charge in [0, 0.05) is 73.5 Å². The molecule has 3 aromatic rings. The number of hydrogen-bond acceptors (Lipinski definition) is 6. The Balaban J connectivity index is 0.000000764. The molecule has 3 aliphatic rings. The molecular weight excluding hydrogens is 441 g/mol. The SMILES string of the molecule is Cn1cc2cc(NC(=O)N3CCc4c(N5CCNC6(CC6)C5)ccnc43)cc(F)c2n1.O=CO. The summed E-state index contributed by atoms with van der Waals surface area (Å²) in [7, 11) is 1.74. The van der Waals surface area contributed by atoms with Gasteiger partial charge in [-0.25, -0.2) is 14.2 Å². The van der Waals surface area contributed by atoms with Crippen LogP contribution in [0.25, 0.3) is 10.9 Å². The lowest BCUT2D eigenvalue weighted by molar-refractivity contribution is -0.122. The van der Waals surface area contributed by atoms with Crippen molar-refractivity contribution < 1.29 is 19.1 Å². The maximum atomic E-state index is 14.4. The first kappa shape index (κ1) is 22.1. The molecule has 34 heavy (non-hydrogen) atoms. The predicted molar refractivity (Wildman–Crippen MR) is 126 cm³/mol. The average Bonchev–Trinajstić information content (AvgIpc) is 3.22. The topological polar surface area (TPSA) is 116 Å². The number of rotatable bonds is 2. The lowest BCUT2D eigenvalue weighted by Crippen LogP contribution is -2.52. The van der Waals surface area contributed by atoms with Crippen LogP contribution in [0.15, 0.2) is 30.6 Å². The minimum Gasteiger partial charge on any atom is -0.483 e. The van der Waals surface area contributed by atoms with Gasteiger partial charge in [0.1, 0.15) is 11.3 Å². The van der Waals surface area contributed by atoms with Crippen LogP contribution >= 0.6 is 0 Å². The number of amides is 2. The number of piperazine rings is 1. The van der Waals surface area contributed by atoms with E-state index in [1.165, 1.54) is 24.6 Å². The number of hydrogen-bond donors (Lipinski definition) is 3. The van der Waals surface area contributed by atoms with Gasteiger partial charge in [0.05, 0.1) is 0 Å². The van der Waals surface area contributed by atoms with E-state index in [-0.39, 0.29) is 18.0 Å². The smallest absolute Gasteiger partial charge is 0.327 e. The number of urea groups is 1. The molecular formula is C23H26FN7O3. The molecule has 0 radical (unpaired) electrons. The minimum absolute atomic E-state index is 0.250. The van der Waals surface area contributed by atoms with Gasteiger partial charge in [-0.1, -0.05) is 0 Å². The highest BCUT2D eigenvalue weighted by Gasteiger charge is 2.46. The van der Waals surface area contributed by atoms with E-state index in [1.54, 1.807) is 35.1 Å². The number of halogens is 1. The monoisotopic (exact) mass is 467 g/mol. The van der Waals surface area contributed by atoms with Crippen molar-refractivity contribution in [1.82, 2.24) is 20.1 Å². The van der Waals surface area contributed by atoms with Crippen LogP contribution in [0, 0.1) is 5.82 Å². The Morgan fingerprint density at radius 3 is 2.88 bits per heavy atom. The van der Waals surface area contributed by atoms with Crippen LogP contribution in [0.3, 0.4) is 0 Å². The third-order valence-corrected chi connectivity index (χ3v) is 6.59. The minimum atomic E-state index is -0.455. The zero-order valence-corrected chi connectivity index (χ0v) is 18.8. The first-order valence-electron chi connectivity index (χ1n) is 11.2. The molecule has 3 N–H and O–H groups in total. The number of nitrogens with zero attached hydrogens (tertiary/aromatic N) is 5. The summed E-state index contributed by atoms with van der Waals surface area (Å²) in [6.07, 6.45) is 6.72. The van der Waals surface area contributed by atoms with Crippen molar-refractivity contribution in [2.24, 2.45) is 7.05 Å². The van der Waals surface area contributed by atoms with Gasteiger partial charge in [-0.15, -0.1) is 0 Å². The highest BCUT2D eigenvalue weighted by molar-refractivity contribution is 6.03. The molecule has 178 valence electrons. The molecule has 10 nitrogen and oxygen atoms in total. The summed E-state index contributed by atoms with van der Waals surface area (Å²) in [6, 6.07) is 4.81. The first-order chi connectivity index (χ1) is 16.4. The highest BCUT2D eigenvalue weighted by atomic mass is 19.1. The Hall–Kier alpha value is -3.73. The molecule has 1 aromatic carbocycles. The number of carbonyl (C=O) groups is 2. The van der Waals surface area contributed by atoms with Gasteiger partial charge in [0.15, 0.2) is 5.82 Å². The maximum Gasteiger partial charge on any atom is 0.327 e. The second-order valence-corrected chi connectivity index (χ2v) is 8.90. The third kappa shape index (κ3) is 4.03. The van der Waals surface area contributed by atoms with E-state index in [1.807, 2.05) is 0 Å². The van der Waals surface area contributed by atoms with Crippen LogP contribution in [0.4, 0.5) is 26.4 Å². The summed E-state index contributed by atoms with van der Waals surface area (Å²) in [6.45, 7) is 3.23. The van der Waals surface area contributed by atoms with E-state index in [4.69, 9.17) is 9.90 Å². The van der Waals surface area contributed by atoms with E-state index in [0.29, 0.717) is 29.0 Å². The van der Waals surface area contributed by atoms with Crippen molar-refractivity contribution in [1.29, 1.82) is 0 Å². The Labute approximate surface area is 195 Å². The van der Waals surface area contributed by atoms with Crippen LogP contribution in [-0.4, -0.2) is 64.1 Å². The fraction of sp³-hybridized carbons (Fsp3) is 0.391. The summed E-state index contributed by atoms with van der Waals surface area (Å²) >= 11 is 0. The number of carbonyl (C=O) groups excluding carboxylic acids is 1. The van der Waals surface area contributed by atoms with E-state index < -0.39 is 5.82 Å². The summed E-state index contributed by atoms with van der Waals surface area (Å²) in [5.74, 6) is 0.240. The van der Waals surface area contributed by atoms with Crippen LogP contribution in [-0.2, 0) is 18.3 Å². The first-order valence-corrected chi connectivity index (χ1v) is 11.2. The van der Waals surface area contributed by atoms with E-state index in [9.17, 15) is 9.18 Å². The zero-order valence-electron chi connectivity index (χ0n) is 18.8. The van der Waals surface area contributed by atoms with Gasteiger partial charge in [-0.2, -0.15) is 5.10 Å². The van der Waals surface area contributed by atoms with Crippen LogP contribution < -0.4 is 20.4 Å². The highest BCUT2D eigenvalue weighted by Crippen LogP contribution is 2.41. The fourth-order valence-electron chi connectivity index (χ4n) is 4.89. The van der Waals surface area contributed by atoms with Crippen molar-refractivity contribution in [2.45, 2.75) is 24.8 Å². The van der Waals surface area contributed by atoms with E-state index in [0.717, 1.165) is 31.6 Å². The quantitative estimate of drug-likeness (QED) is 0.496. The van der Waals surface area contributed by atoms with Crippen molar-refractivity contribution in [2.75, 3.05) is 41.3 Å². The fourth-order valence-corrected chi connectivity index (χ4v) is 4.89. The number of benzene rings is 1. The Morgan fingerprint density at radius 2 is 2.12 bits per heavy atom. The van der Waals surface area contributed by atoms with E-state index in [2.05, 4.69) is 31.7 Å². The molecule has 2 aromatic heterocycles. The molecule has 6 rings (SSSR count). The predicted octanol–water partition coefficient (Wildman–Crippen LogP) is 2.34. The molecule has 0 bridgehead atoms. The van der Waals surface area contributed by atoms with Gasteiger partial charge in [0.2, 0.25) is 0 Å². The summed E-state index contributed by atoms with van der Waals surface area (Å²) in [5, 5.41) is 18.1. The van der Waals surface area contributed by atoms with E-state index >= 15 is 0 Å². The number of nitrogens with one attached hydrogen (secondary N) is 2. The molecule has 1 saturated heterocycles. The van der Waals surface area contributed by atoms with Gasteiger partial charge in [-0.05, 0) is 37.5 Å².